The predicted molar refractivity (Wildman–Crippen MR) is 79.1 cm³/mol. The molecule has 0 aliphatic heterocycles. The molecule has 1 rings (SSSR count). The van der Waals surface area contributed by atoms with Crippen LogP contribution in [0.15, 0.2) is 23.1 Å². The number of nitro groups is 1. The monoisotopic (exact) mass is 333 g/mol. The average molecular weight is 333 g/mol. The van der Waals surface area contributed by atoms with E-state index in [1.54, 1.807) is 0 Å². The molecule has 10 heteroatoms. The van der Waals surface area contributed by atoms with Gasteiger partial charge in [0.2, 0.25) is 10.0 Å². The van der Waals surface area contributed by atoms with Gasteiger partial charge in [0.15, 0.2) is 5.75 Å². The van der Waals surface area contributed by atoms with E-state index in [1.807, 2.05) is 19.0 Å². The largest absolute Gasteiger partial charge is 0.481 e. The second-order valence-corrected chi connectivity index (χ2v) is 6.51. The van der Waals surface area contributed by atoms with E-state index in [2.05, 4.69) is 0 Å². The number of rotatable bonds is 8. The van der Waals surface area contributed by atoms with E-state index in [1.165, 1.54) is 0 Å². The van der Waals surface area contributed by atoms with Crippen molar-refractivity contribution in [3.8, 4) is 5.75 Å². The fraction of sp³-hybridized carbons (Fsp3) is 0.500. The number of nitrogens with two attached hydrogens (primary N) is 1. The van der Waals surface area contributed by atoms with Crippen molar-refractivity contribution in [1.82, 2.24) is 4.90 Å². The summed E-state index contributed by atoms with van der Waals surface area (Å²) in [5.74, 6) is -0.116. The van der Waals surface area contributed by atoms with Crippen molar-refractivity contribution in [3.63, 3.8) is 0 Å². The summed E-state index contributed by atoms with van der Waals surface area (Å²) in [6.45, 7) is 0.302. The van der Waals surface area contributed by atoms with Gasteiger partial charge in [-0.2, -0.15) is 0 Å². The molecule has 124 valence electrons. The van der Waals surface area contributed by atoms with Crippen molar-refractivity contribution in [2.75, 3.05) is 27.2 Å². The lowest BCUT2D eigenvalue weighted by atomic mass is 10.2. The van der Waals surface area contributed by atoms with Gasteiger partial charge in [-0.05, 0) is 32.6 Å². The highest BCUT2D eigenvalue weighted by Crippen LogP contribution is 2.30. The molecule has 0 heterocycles. The van der Waals surface area contributed by atoms with E-state index < -0.39 is 26.7 Å². The van der Waals surface area contributed by atoms with Crippen molar-refractivity contribution in [2.45, 2.75) is 17.4 Å². The van der Waals surface area contributed by atoms with E-state index in [4.69, 9.17) is 9.88 Å². The molecular weight excluding hydrogens is 314 g/mol. The molecule has 1 unspecified atom stereocenters. The van der Waals surface area contributed by atoms with Crippen molar-refractivity contribution < 1.29 is 23.2 Å². The number of hydrogen-bond donors (Lipinski definition) is 2. The van der Waals surface area contributed by atoms with Gasteiger partial charge >= 0.3 is 5.69 Å². The van der Waals surface area contributed by atoms with Gasteiger partial charge < -0.3 is 14.7 Å². The second kappa shape index (κ2) is 7.49. The van der Waals surface area contributed by atoms with Gasteiger partial charge in [-0.15, -0.1) is 0 Å². The maximum Gasteiger partial charge on any atom is 0.312 e. The number of aliphatic hydroxyl groups is 1. The number of aliphatic hydroxyl groups excluding tert-OH is 1. The van der Waals surface area contributed by atoms with Crippen molar-refractivity contribution in [3.05, 3.63) is 28.3 Å². The number of primary sulfonamides is 1. The molecule has 0 bridgehead atoms. The smallest absolute Gasteiger partial charge is 0.312 e. The predicted octanol–water partition coefficient (Wildman–Crippen LogP) is -0.0664. The van der Waals surface area contributed by atoms with E-state index in [0.29, 0.717) is 13.0 Å². The summed E-state index contributed by atoms with van der Waals surface area (Å²) in [5.41, 5.74) is -0.519. The number of sulfonamides is 1. The molecule has 1 atom stereocenters. The molecule has 0 saturated carbocycles. The SMILES string of the molecule is CN(C)CCC(CO)Oc1ccc(S(N)(=O)=O)cc1[N+](=O)[O-]. The van der Waals surface area contributed by atoms with Crippen LogP contribution in [0.2, 0.25) is 0 Å². The Morgan fingerprint density at radius 2 is 2.09 bits per heavy atom. The fourth-order valence-corrected chi connectivity index (χ4v) is 2.22. The summed E-state index contributed by atoms with van der Waals surface area (Å²) in [5, 5.41) is 25.3. The van der Waals surface area contributed by atoms with Gasteiger partial charge in [0.05, 0.1) is 16.4 Å². The Balaban J connectivity index is 3.05. The van der Waals surface area contributed by atoms with Crippen LogP contribution in [0.4, 0.5) is 5.69 Å². The van der Waals surface area contributed by atoms with Gasteiger partial charge in [0.1, 0.15) is 6.10 Å². The van der Waals surface area contributed by atoms with E-state index in [-0.39, 0.29) is 17.3 Å². The molecule has 0 saturated heterocycles. The maximum atomic E-state index is 11.2. The first-order chi connectivity index (χ1) is 10.1. The Morgan fingerprint density at radius 3 is 2.55 bits per heavy atom. The Kier molecular flexibility index (Phi) is 6.23. The number of nitro benzene ring substituents is 1. The average Bonchev–Trinajstić information content (AvgIpc) is 2.41. The number of hydrogen-bond acceptors (Lipinski definition) is 7. The zero-order valence-corrected chi connectivity index (χ0v) is 13.1. The van der Waals surface area contributed by atoms with Gasteiger partial charge in [0, 0.05) is 12.6 Å². The molecule has 0 aliphatic carbocycles. The highest BCUT2D eigenvalue weighted by atomic mass is 32.2. The van der Waals surface area contributed by atoms with Crippen LogP contribution in [0.1, 0.15) is 6.42 Å². The number of benzene rings is 1. The first-order valence-corrected chi connectivity index (χ1v) is 7.93. The minimum atomic E-state index is -4.05. The third kappa shape index (κ3) is 5.22. The molecule has 3 N–H and O–H groups in total. The molecule has 0 aliphatic rings. The molecule has 0 fully saturated rings. The van der Waals surface area contributed by atoms with Crippen molar-refractivity contribution in [1.29, 1.82) is 0 Å². The minimum Gasteiger partial charge on any atom is -0.481 e. The van der Waals surface area contributed by atoms with Crippen LogP contribution in [0.5, 0.6) is 5.75 Å². The molecule has 22 heavy (non-hydrogen) atoms. The molecule has 0 spiro atoms. The summed E-state index contributed by atoms with van der Waals surface area (Å²) in [4.78, 5) is 11.8. The molecule has 9 nitrogen and oxygen atoms in total. The Labute approximate surface area is 128 Å². The first kappa shape index (κ1) is 18.3. The van der Waals surface area contributed by atoms with E-state index >= 15 is 0 Å². The van der Waals surface area contributed by atoms with Crippen LogP contribution in [0.3, 0.4) is 0 Å². The quantitative estimate of drug-likeness (QED) is 0.502. The molecular formula is C12H19N3O6S. The Morgan fingerprint density at radius 1 is 1.45 bits per heavy atom. The van der Waals surface area contributed by atoms with Crippen molar-refractivity contribution >= 4 is 15.7 Å². The van der Waals surface area contributed by atoms with E-state index in [0.717, 1.165) is 18.2 Å². The normalized spacial score (nSPS) is 13.1. The number of nitrogens with zero attached hydrogens (tertiary/aromatic N) is 2. The summed E-state index contributed by atoms with van der Waals surface area (Å²) in [7, 11) is -0.357. The van der Waals surface area contributed by atoms with Crippen LogP contribution >= 0.6 is 0 Å². The standard InChI is InChI=1S/C12H19N3O6S/c1-14(2)6-5-9(8-16)21-12-4-3-10(22(13,19)20)7-11(12)15(17)18/h3-4,7,9,16H,5-6,8H2,1-2H3,(H2,13,19,20). The van der Waals surface area contributed by atoms with Gasteiger partial charge in [-0.3, -0.25) is 10.1 Å². The minimum absolute atomic E-state index is 0.116. The summed E-state index contributed by atoms with van der Waals surface area (Å²) >= 11 is 0. The molecule has 0 aromatic heterocycles. The Hall–Kier alpha value is -1.75. The highest BCUT2D eigenvalue weighted by molar-refractivity contribution is 7.89. The Bertz CT molecular complexity index is 632. The van der Waals surface area contributed by atoms with Gasteiger partial charge in [0.25, 0.3) is 0 Å². The highest BCUT2D eigenvalue weighted by Gasteiger charge is 2.22. The van der Waals surface area contributed by atoms with Gasteiger partial charge in [-0.1, -0.05) is 0 Å². The molecule has 0 radical (unpaired) electrons. The number of ether oxygens (including phenoxy) is 1. The second-order valence-electron chi connectivity index (χ2n) is 4.95. The zero-order chi connectivity index (χ0) is 16.9. The van der Waals surface area contributed by atoms with Gasteiger partial charge in [-0.25, -0.2) is 13.6 Å². The molecule has 1 aromatic carbocycles. The maximum absolute atomic E-state index is 11.2. The third-order valence-electron chi connectivity index (χ3n) is 2.85. The lowest BCUT2D eigenvalue weighted by Crippen LogP contribution is -2.27. The van der Waals surface area contributed by atoms with Crippen LogP contribution in [0.25, 0.3) is 0 Å². The molecule has 1 aromatic rings. The lowest BCUT2D eigenvalue weighted by molar-refractivity contribution is -0.386. The summed E-state index contributed by atoms with van der Waals surface area (Å²) in [6, 6.07) is 3.12. The van der Waals surface area contributed by atoms with E-state index in [9.17, 15) is 23.6 Å². The lowest BCUT2D eigenvalue weighted by Gasteiger charge is -2.19. The zero-order valence-electron chi connectivity index (χ0n) is 12.3. The fourth-order valence-electron chi connectivity index (χ4n) is 1.69. The summed E-state index contributed by atoms with van der Waals surface area (Å²) < 4.78 is 27.9. The summed E-state index contributed by atoms with van der Waals surface area (Å²) in [6.07, 6.45) is -0.182. The first-order valence-electron chi connectivity index (χ1n) is 6.38. The molecule has 0 amide bonds. The van der Waals surface area contributed by atoms with Crippen LogP contribution in [-0.2, 0) is 10.0 Å². The topological polar surface area (TPSA) is 136 Å². The van der Waals surface area contributed by atoms with Crippen molar-refractivity contribution in [2.24, 2.45) is 5.14 Å². The third-order valence-corrected chi connectivity index (χ3v) is 3.76. The van der Waals surface area contributed by atoms with Crippen LogP contribution in [0, 0.1) is 10.1 Å². The van der Waals surface area contributed by atoms with Crippen LogP contribution in [-0.4, -0.2) is 56.7 Å². The van der Waals surface area contributed by atoms with Crippen LogP contribution < -0.4 is 9.88 Å².